The quantitative estimate of drug-likeness (QED) is 0.683. The molecule has 1 saturated heterocycles. The smallest absolute Gasteiger partial charge is 0.255 e. The molecule has 0 spiro atoms. The summed E-state index contributed by atoms with van der Waals surface area (Å²) in [5.41, 5.74) is 0.554. The summed E-state index contributed by atoms with van der Waals surface area (Å²) in [5.74, 6) is -0.175. The molecule has 1 heterocycles. The Morgan fingerprint density at radius 1 is 1.35 bits per heavy atom. The van der Waals surface area contributed by atoms with E-state index >= 15 is 0 Å². The maximum Gasteiger partial charge on any atom is 0.255 e. The molecule has 6 heteroatoms. The Morgan fingerprint density at radius 2 is 1.94 bits per heavy atom. The number of likely N-dealkylation sites (tertiary alicyclic amines) is 1. The van der Waals surface area contributed by atoms with Gasteiger partial charge >= 0.3 is 0 Å². The van der Waals surface area contributed by atoms with E-state index in [1.165, 1.54) is 4.90 Å². The highest BCUT2D eigenvalue weighted by atomic mass is 127. The number of amides is 1. The fraction of sp³-hybridized carbons (Fsp3) is 0.364. The molecule has 0 bridgehead atoms. The Balaban J connectivity index is 2.23. The van der Waals surface area contributed by atoms with Crippen LogP contribution in [-0.4, -0.2) is 46.3 Å². The molecular formula is C11H11BrINO3. The van der Waals surface area contributed by atoms with Crippen molar-refractivity contribution in [3.8, 4) is 0 Å². The molecule has 4 nitrogen and oxygen atoms in total. The summed E-state index contributed by atoms with van der Waals surface area (Å²) in [5, 5.41) is 18.9. The van der Waals surface area contributed by atoms with Gasteiger partial charge in [0.2, 0.25) is 0 Å². The summed E-state index contributed by atoms with van der Waals surface area (Å²) < 4.78 is 1.69. The zero-order valence-corrected chi connectivity index (χ0v) is 12.6. The summed E-state index contributed by atoms with van der Waals surface area (Å²) in [6.45, 7) is 0.357. The fourth-order valence-electron chi connectivity index (χ4n) is 1.77. The lowest BCUT2D eigenvalue weighted by molar-refractivity contribution is 0.0572. The summed E-state index contributed by atoms with van der Waals surface area (Å²) in [7, 11) is 0. The number of carbonyl (C=O) groups excluding carboxylic acids is 1. The van der Waals surface area contributed by atoms with Gasteiger partial charge in [-0.05, 0) is 56.7 Å². The van der Waals surface area contributed by atoms with Gasteiger partial charge in [0.15, 0.2) is 0 Å². The molecule has 0 saturated carbocycles. The topological polar surface area (TPSA) is 60.8 Å². The standard InChI is InChI=1S/C11H11BrINO3/c12-8-2-1-6(13)3-7(8)11(17)14-4-9(15)10(16)5-14/h1-3,9-10,15-16H,4-5H2. The van der Waals surface area contributed by atoms with Gasteiger partial charge in [-0.2, -0.15) is 0 Å². The first-order valence-corrected chi connectivity index (χ1v) is 6.96. The van der Waals surface area contributed by atoms with Gasteiger partial charge in [0, 0.05) is 21.1 Å². The van der Waals surface area contributed by atoms with E-state index in [1.807, 2.05) is 12.1 Å². The van der Waals surface area contributed by atoms with Crippen LogP contribution >= 0.6 is 38.5 Å². The number of nitrogens with zero attached hydrogens (tertiary/aromatic N) is 1. The number of β-amino-alcohol motifs (C(OH)–C–C–N with tert-alkyl or cyclic N) is 2. The van der Waals surface area contributed by atoms with Crippen molar-refractivity contribution in [1.82, 2.24) is 4.90 Å². The first-order valence-electron chi connectivity index (χ1n) is 5.09. The van der Waals surface area contributed by atoms with Crippen molar-refractivity contribution in [2.75, 3.05) is 13.1 Å². The van der Waals surface area contributed by atoms with Crippen LogP contribution in [0, 0.1) is 3.57 Å². The molecule has 92 valence electrons. The Labute approximate surface area is 121 Å². The van der Waals surface area contributed by atoms with E-state index < -0.39 is 12.2 Å². The van der Waals surface area contributed by atoms with Crippen molar-refractivity contribution in [2.24, 2.45) is 0 Å². The monoisotopic (exact) mass is 411 g/mol. The van der Waals surface area contributed by atoms with Gasteiger partial charge in [0.1, 0.15) is 0 Å². The van der Waals surface area contributed by atoms with Gasteiger partial charge < -0.3 is 15.1 Å². The largest absolute Gasteiger partial charge is 0.388 e. The number of aliphatic hydroxyl groups is 2. The van der Waals surface area contributed by atoms with Gasteiger partial charge in [-0.25, -0.2) is 0 Å². The molecule has 1 aliphatic heterocycles. The van der Waals surface area contributed by atoms with Crippen molar-refractivity contribution in [1.29, 1.82) is 0 Å². The average Bonchev–Trinajstić information content (AvgIpc) is 2.62. The van der Waals surface area contributed by atoms with Crippen LogP contribution in [-0.2, 0) is 0 Å². The average molecular weight is 412 g/mol. The lowest BCUT2D eigenvalue weighted by Gasteiger charge is -2.16. The molecule has 0 aromatic heterocycles. The second-order valence-electron chi connectivity index (χ2n) is 3.97. The Morgan fingerprint density at radius 3 is 2.53 bits per heavy atom. The van der Waals surface area contributed by atoms with Crippen LogP contribution in [0.3, 0.4) is 0 Å². The number of benzene rings is 1. The van der Waals surface area contributed by atoms with E-state index in [0.717, 1.165) is 8.04 Å². The Hall–Kier alpha value is -0.180. The third-order valence-electron chi connectivity index (χ3n) is 2.71. The van der Waals surface area contributed by atoms with Crippen molar-refractivity contribution in [3.05, 3.63) is 31.8 Å². The number of halogens is 2. The minimum atomic E-state index is -0.847. The molecule has 0 radical (unpaired) electrons. The number of hydrogen-bond donors (Lipinski definition) is 2. The Kier molecular flexibility index (Phi) is 4.06. The fourth-order valence-corrected chi connectivity index (χ4v) is 2.67. The number of hydrogen-bond acceptors (Lipinski definition) is 3. The third-order valence-corrected chi connectivity index (χ3v) is 4.07. The maximum absolute atomic E-state index is 12.2. The lowest BCUT2D eigenvalue weighted by Crippen LogP contribution is -2.30. The van der Waals surface area contributed by atoms with Crippen LogP contribution < -0.4 is 0 Å². The predicted molar refractivity (Wildman–Crippen MR) is 74.8 cm³/mol. The molecule has 1 aromatic rings. The molecule has 2 rings (SSSR count). The van der Waals surface area contributed by atoms with Crippen LogP contribution in [0.5, 0.6) is 0 Å². The molecule has 17 heavy (non-hydrogen) atoms. The molecule has 2 unspecified atom stereocenters. The number of aliphatic hydroxyl groups excluding tert-OH is 2. The molecule has 0 aliphatic carbocycles. The lowest BCUT2D eigenvalue weighted by atomic mass is 10.2. The van der Waals surface area contributed by atoms with Crippen LogP contribution in [0.4, 0.5) is 0 Å². The van der Waals surface area contributed by atoms with E-state index in [4.69, 9.17) is 0 Å². The highest BCUT2D eigenvalue weighted by molar-refractivity contribution is 14.1. The van der Waals surface area contributed by atoms with Crippen LogP contribution in [0.15, 0.2) is 22.7 Å². The summed E-state index contributed by atoms with van der Waals surface area (Å²) >= 11 is 5.47. The molecule has 1 aliphatic rings. The minimum Gasteiger partial charge on any atom is -0.388 e. The zero-order chi connectivity index (χ0) is 12.6. The van der Waals surface area contributed by atoms with Gasteiger partial charge in [-0.15, -0.1) is 0 Å². The SMILES string of the molecule is O=C(c1cc(I)ccc1Br)N1CC(O)C(O)C1. The van der Waals surface area contributed by atoms with Crippen LogP contribution in [0.1, 0.15) is 10.4 Å². The van der Waals surface area contributed by atoms with E-state index in [9.17, 15) is 15.0 Å². The summed E-state index contributed by atoms with van der Waals surface area (Å²) in [4.78, 5) is 13.6. The van der Waals surface area contributed by atoms with Gasteiger partial charge in [0.05, 0.1) is 17.8 Å². The number of rotatable bonds is 1. The van der Waals surface area contributed by atoms with E-state index in [-0.39, 0.29) is 19.0 Å². The first kappa shape index (κ1) is 13.3. The van der Waals surface area contributed by atoms with E-state index in [0.29, 0.717) is 5.56 Å². The summed E-state index contributed by atoms with van der Waals surface area (Å²) in [6.07, 6.45) is -1.69. The molecule has 1 fully saturated rings. The van der Waals surface area contributed by atoms with Gasteiger partial charge in [-0.3, -0.25) is 4.79 Å². The van der Waals surface area contributed by atoms with Crippen molar-refractivity contribution in [3.63, 3.8) is 0 Å². The first-order chi connectivity index (χ1) is 7.99. The predicted octanol–water partition coefficient (Wildman–Crippen LogP) is 1.23. The molecular weight excluding hydrogens is 401 g/mol. The van der Waals surface area contributed by atoms with Crippen LogP contribution in [0.25, 0.3) is 0 Å². The van der Waals surface area contributed by atoms with Crippen molar-refractivity contribution < 1.29 is 15.0 Å². The third kappa shape index (κ3) is 2.81. The minimum absolute atomic E-state index is 0.175. The molecule has 1 aromatic carbocycles. The summed E-state index contributed by atoms with van der Waals surface area (Å²) in [6, 6.07) is 5.50. The van der Waals surface area contributed by atoms with E-state index in [1.54, 1.807) is 6.07 Å². The van der Waals surface area contributed by atoms with Crippen molar-refractivity contribution >= 4 is 44.4 Å². The van der Waals surface area contributed by atoms with Crippen molar-refractivity contribution in [2.45, 2.75) is 12.2 Å². The normalized spacial score (nSPS) is 24.1. The number of carbonyl (C=O) groups is 1. The second-order valence-corrected chi connectivity index (χ2v) is 6.07. The Bertz CT molecular complexity index is 444. The van der Waals surface area contributed by atoms with Gasteiger partial charge in [0.25, 0.3) is 5.91 Å². The molecule has 2 N–H and O–H groups in total. The van der Waals surface area contributed by atoms with Crippen LogP contribution in [0.2, 0.25) is 0 Å². The van der Waals surface area contributed by atoms with E-state index in [2.05, 4.69) is 38.5 Å². The zero-order valence-electron chi connectivity index (χ0n) is 8.81. The highest BCUT2D eigenvalue weighted by Gasteiger charge is 2.33. The maximum atomic E-state index is 12.2. The molecule has 1 amide bonds. The van der Waals surface area contributed by atoms with Gasteiger partial charge in [-0.1, -0.05) is 0 Å². The highest BCUT2D eigenvalue weighted by Crippen LogP contribution is 2.23. The molecule has 2 atom stereocenters. The second kappa shape index (κ2) is 5.21.